The summed E-state index contributed by atoms with van der Waals surface area (Å²) in [7, 11) is 1.56. The van der Waals surface area contributed by atoms with E-state index >= 15 is 0 Å². The lowest BCUT2D eigenvalue weighted by Gasteiger charge is -2.08. The molecule has 2 aromatic carbocycles. The molecule has 2 amide bonds. The maximum absolute atomic E-state index is 12.3. The third-order valence-electron chi connectivity index (χ3n) is 3.47. The quantitative estimate of drug-likeness (QED) is 0.626. The summed E-state index contributed by atoms with van der Waals surface area (Å²) in [5, 5.41) is 7.82. The second-order valence-electron chi connectivity index (χ2n) is 5.17. The van der Waals surface area contributed by atoms with E-state index in [9.17, 15) is 9.59 Å². The van der Waals surface area contributed by atoms with Gasteiger partial charge in [0.2, 0.25) is 0 Å². The van der Waals surface area contributed by atoms with Gasteiger partial charge in [0, 0.05) is 28.4 Å². The van der Waals surface area contributed by atoms with E-state index in [2.05, 4.69) is 31.5 Å². The number of methoxy groups -OCH3 is 1. The van der Waals surface area contributed by atoms with Crippen LogP contribution in [0.3, 0.4) is 0 Å². The van der Waals surface area contributed by atoms with Crippen molar-refractivity contribution in [3.8, 4) is 5.75 Å². The number of aromatic nitrogens is 1. The number of carbonyl (C=O) groups excluding carboxylic acids is 2. The Labute approximate surface area is 162 Å². The molecule has 0 unspecified atom stereocenters. The zero-order valence-corrected chi connectivity index (χ0v) is 16.1. The number of anilines is 2. The number of hydrogen-bond acceptors (Lipinski definition) is 5. The summed E-state index contributed by atoms with van der Waals surface area (Å²) < 4.78 is 5.85. The molecule has 0 saturated carbocycles. The smallest absolute Gasteiger partial charge is 0.257 e. The van der Waals surface area contributed by atoms with E-state index in [1.807, 2.05) is 0 Å². The molecule has 6 nitrogen and oxygen atoms in total. The van der Waals surface area contributed by atoms with Crippen LogP contribution in [0.5, 0.6) is 5.75 Å². The SMILES string of the molecule is COc1ccc(C(=O)Nc2ccc(C(=O)Nc3nccs3)cc2)cc1Br. The largest absolute Gasteiger partial charge is 0.496 e. The third kappa shape index (κ3) is 4.27. The zero-order chi connectivity index (χ0) is 18.5. The number of benzene rings is 2. The van der Waals surface area contributed by atoms with Gasteiger partial charge in [0.25, 0.3) is 11.8 Å². The van der Waals surface area contributed by atoms with Gasteiger partial charge in [-0.2, -0.15) is 0 Å². The van der Waals surface area contributed by atoms with Crippen LogP contribution in [0.1, 0.15) is 20.7 Å². The van der Waals surface area contributed by atoms with E-state index in [0.717, 1.165) is 0 Å². The minimum absolute atomic E-state index is 0.253. The Morgan fingerprint density at radius 1 is 1.04 bits per heavy atom. The summed E-state index contributed by atoms with van der Waals surface area (Å²) in [6.07, 6.45) is 1.62. The number of amides is 2. The minimum Gasteiger partial charge on any atom is -0.496 e. The van der Waals surface area contributed by atoms with E-state index in [-0.39, 0.29) is 11.8 Å². The normalized spacial score (nSPS) is 10.2. The first-order valence-electron chi connectivity index (χ1n) is 7.52. The van der Waals surface area contributed by atoms with Crippen molar-refractivity contribution < 1.29 is 14.3 Å². The molecule has 0 saturated heterocycles. The van der Waals surface area contributed by atoms with Crippen LogP contribution in [0, 0.1) is 0 Å². The van der Waals surface area contributed by atoms with Gasteiger partial charge in [0.1, 0.15) is 5.75 Å². The Kier molecular flexibility index (Phi) is 5.65. The van der Waals surface area contributed by atoms with E-state index < -0.39 is 0 Å². The number of hydrogen-bond donors (Lipinski definition) is 2. The van der Waals surface area contributed by atoms with Crippen LogP contribution in [0.2, 0.25) is 0 Å². The maximum Gasteiger partial charge on any atom is 0.257 e. The van der Waals surface area contributed by atoms with Gasteiger partial charge in [-0.3, -0.25) is 14.9 Å². The van der Waals surface area contributed by atoms with E-state index in [1.165, 1.54) is 11.3 Å². The lowest BCUT2D eigenvalue weighted by Crippen LogP contribution is -2.13. The molecular formula is C18H14BrN3O3S. The van der Waals surface area contributed by atoms with Crippen LogP contribution in [0.15, 0.2) is 58.5 Å². The maximum atomic E-state index is 12.3. The highest BCUT2D eigenvalue weighted by atomic mass is 79.9. The van der Waals surface area contributed by atoms with Crippen molar-refractivity contribution in [3.05, 3.63) is 69.6 Å². The zero-order valence-electron chi connectivity index (χ0n) is 13.7. The number of halogens is 1. The molecule has 2 N–H and O–H groups in total. The van der Waals surface area contributed by atoms with Gasteiger partial charge in [-0.05, 0) is 58.4 Å². The van der Waals surface area contributed by atoms with Crippen molar-refractivity contribution in [3.63, 3.8) is 0 Å². The van der Waals surface area contributed by atoms with Crippen molar-refractivity contribution in [1.82, 2.24) is 4.98 Å². The third-order valence-corrected chi connectivity index (χ3v) is 4.78. The second-order valence-corrected chi connectivity index (χ2v) is 6.92. The molecule has 0 radical (unpaired) electrons. The number of carbonyl (C=O) groups is 2. The number of thiazole rings is 1. The molecule has 8 heteroatoms. The van der Waals surface area contributed by atoms with Crippen LogP contribution in [-0.4, -0.2) is 23.9 Å². The van der Waals surface area contributed by atoms with Crippen molar-refractivity contribution in [2.45, 2.75) is 0 Å². The first-order chi connectivity index (χ1) is 12.6. The van der Waals surface area contributed by atoms with Crippen molar-refractivity contribution in [2.24, 2.45) is 0 Å². The summed E-state index contributed by atoms with van der Waals surface area (Å²) in [5.41, 5.74) is 1.56. The molecule has 0 atom stereocenters. The van der Waals surface area contributed by atoms with Crippen LogP contribution in [-0.2, 0) is 0 Å². The molecule has 1 heterocycles. The van der Waals surface area contributed by atoms with Crippen LogP contribution >= 0.6 is 27.3 Å². The molecule has 0 aliphatic rings. The highest BCUT2D eigenvalue weighted by Gasteiger charge is 2.11. The first-order valence-corrected chi connectivity index (χ1v) is 9.20. The van der Waals surface area contributed by atoms with E-state index in [0.29, 0.717) is 32.2 Å². The standard InChI is InChI=1S/C18H14BrN3O3S/c1-25-15-7-4-12(10-14(15)19)17(24)21-13-5-2-11(3-6-13)16(23)22-18-20-8-9-26-18/h2-10H,1H3,(H,21,24)(H,20,22,23). The topological polar surface area (TPSA) is 80.3 Å². The Bertz CT molecular complexity index is 927. The molecule has 0 aliphatic carbocycles. The summed E-state index contributed by atoms with van der Waals surface area (Å²) in [5.74, 6) is 0.141. The van der Waals surface area contributed by atoms with Crippen molar-refractivity contribution in [1.29, 1.82) is 0 Å². The Balaban J connectivity index is 1.66. The second kappa shape index (κ2) is 8.11. The molecule has 3 aromatic rings. The Morgan fingerprint density at radius 3 is 2.35 bits per heavy atom. The lowest BCUT2D eigenvalue weighted by atomic mass is 10.1. The molecule has 1 aromatic heterocycles. The molecule has 0 bridgehead atoms. The predicted octanol–water partition coefficient (Wildman–Crippen LogP) is 4.42. The van der Waals surface area contributed by atoms with Crippen molar-refractivity contribution in [2.75, 3.05) is 17.7 Å². The number of ether oxygens (including phenoxy) is 1. The van der Waals surface area contributed by atoms with Crippen LogP contribution in [0.25, 0.3) is 0 Å². The average Bonchev–Trinajstić information content (AvgIpc) is 3.15. The van der Waals surface area contributed by atoms with Gasteiger partial charge in [0.05, 0.1) is 11.6 Å². The number of rotatable bonds is 5. The van der Waals surface area contributed by atoms with Gasteiger partial charge >= 0.3 is 0 Å². The summed E-state index contributed by atoms with van der Waals surface area (Å²) >= 11 is 4.70. The van der Waals surface area contributed by atoms with E-state index in [4.69, 9.17) is 4.74 Å². The predicted molar refractivity (Wildman–Crippen MR) is 105 cm³/mol. The molecule has 3 rings (SSSR count). The average molecular weight is 432 g/mol. The van der Waals surface area contributed by atoms with Crippen molar-refractivity contribution >= 4 is 49.9 Å². The fraction of sp³-hybridized carbons (Fsp3) is 0.0556. The van der Waals surface area contributed by atoms with Crippen LogP contribution in [0.4, 0.5) is 10.8 Å². The number of nitrogens with zero attached hydrogens (tertiary/aromatic N) is 1. The highest BCUT2D eigenvalue weighted by molar-refractivity contribution is 9.10. The molecule has 132 valence electrons. The van der Waals surface area contributed by atoms with Gasteiger partial charge in [-0.1, -0.05) is 0 Å². The Hall–Kier alpha value is -2.71. The highest BCUT2D eigenvalue weighted by Crippen LogP contribution is 2.26. The lowest BCUT2D eigenvalue weighted by molar-refractivity contribution is 0.102. The Morgan fingerprint density at radius 2 is 1.73 bits per heavy atom. The molecule has 26 heavy (non-hydrogen) atoms. The summed E-state index contributed by atoms with van der Waals surface area (Å²) in [6.45, 7) is 0. The fourth-order valence-corrected chi connectivity index (χ4v) is 3.23. The van der Waals surface area contributed by atoms with Gasteiger partial charge in [-0.15, -0.1) is 11.3 Å². The van der Waals surface area contributed by atoms with Gasteiger partial charge < -0.3 is 10.1 Å². The molecule has 0 aliphatic heterocycles. The van der Waals surface area contributed by atoms with E-state index in [1.54, 1.807) is 61.2 Å². The molecular weight excluding hydrogens is 418 g/mol. The van der Waals surface area contributed by atoms with Gasteiger partial charge in [0.15, 0.2) is 5.13 Å². The molecule has 0 fully saturated rings. The first kappa shape index (κ1) is 18.1. The minimum atomic E-state index is -0.256. The van der Waals surface area contributed by atoms with Gasteiger partial charge in [-0.25, -0.2) is 4.98 Å². The van der Waals surface area contributed by atoms with Crippen LogP contribution < -0.4 is 15.4 Å². The fourth-order valence-electron chi connectivity index (χ4n) is 2.17. The molecule has 0 spiro atoms. The summed E-state index contributed by atoms with van der Waals surface area (Å²) in [4.78, 5) is 28.5. The summed E-state index contributed by atoms with van der Waals surface area (Å²) in [6, 6.07) is 11.7. The number of nitrogens with one attached hydrogen (secondary N) is 2. The monoisotopic (exact) mass is 431 g/mol.